The lowest BCUT2D eigenvalue weighted by atomic mass is 9.68. The molecule has 5 N–H and O–H groups in total. The molecule has 0 amide bonds. The van der Waals surface area contributed by atoms with Crippen LogP contribution >= 0.6 is 0 Å². The fourth-order valence-electron chi connectivity index (χ4n) is 1.92. The summed E-state index contributed by atoms with van der Waals surface area (Å²) in [5.74, 6) is -13.2. The van der Waals surface area contributed by atoms with Gasteiger partial charge in [-0.2, -0.15) is 0 Å². The second-order valence-corrected chi connectivity index (χ2v) is 4.51. The molecule has 0 rings (SSSR count). The summed E-state index contributed by atoms with van der Waals surface area (Å²) in [4.78, 5) is 55.2. The molecular weight excluding hydrogens is 292 g/mol. The number of hydrogen-bond acceptors (Lipinski definition) is 5. The monoisotopic (exact) mass is 306 g/mol. The molecule has 0 aromatic heterocycles. The molecule has 0 saturated carbocycles. The third-order valence-corrected chi connectivity index (χ3v) is 3.08. The lowest BCUT2D eigenvalue weighted by molar-refractivity contribution is -0.179. The minimum atomic E-state index is -3.05. The Bertz CT molecular complexity index is 465. The van der Waals surface area contributed by atoms with Crippen molar-refractivity contribution < 1.29 is 49.5 Å². The molecule has 0 aliphatic rings. The second kappa shape index (κ2) is 6.68. The van der Waals surface area contributed by atoms with Gasteiger partial charge in [0.15, 0.2) is 5.41 Å². The summed E-state index contributed by atoms with van der Waals surface area (Å²) in [5, 5.41) is 44.6. The fourth-order valence-corrected chi connectivity index (χ4v) is 1.92. The van der Waals surface area contributed by atoms with Crippen LogP contribution in [0.1, 0.15) is 19.8 Å². The average Bonchev–Trinajstić information content (AvgIpc) is 2.31. The fraction of sp³-hybridized carbons (Fsp3) is 0.545. The van der Waals surface area contributed by atoms with Crippen molar-refractivity contribution in [1.29, 1.82) is 0 Å². The Labute approximate surface area is 117 Å². The number of carboxylic acids is 5. The van der Waals surface area contributed by atoms with Crippen molar-refractivity contribution in [3.05, 3.63) is 0 Å². The van der Waals surface area contributed by atoms with E-state index in [0.29, 0.717) is 0 Å². The van der Waals surface area contributed by atoms with E-state index in [1.807, 2.05) is 0 Å². The van der Waals surface area contributed by atoms with Crippen molar-refractivity contribution in [2.24, 2.45) is 17.3 Å². The topological polar surface area (TPSA) is 186 Å². The van der Waals surface area contributed by atoms with Crippen LogP contribution in [0.2, 0.25) is 0 Å². The van der Waals surface area contributed by atoms with Gasteiger partial charge < -0.3 is 25.5 Å². The Hall–Kier alpha value is -2.65. The van der Waals surface area contributed by atoms with Crippen molar-refractivity contribution in [3.63, 3.8) is 0 Å². The minimum absolute atomic E-state index is 1.00. The number of rotatable bonds is 9. The van der Waals surface area contributed by atoms with Crippen molar-refractivity contribution in [1.82, 2.24) is 0 Å². The van der Waals surface area contributed by atoms with E-state index in [1.54, 1.807) is 0 Å². The predicted octanol–water partition coefficient (Wildman–Crippen LogP) is -0.572. The lowest BCUT2D eigenvalue weighted by Gasteiger charge is -2.31. The third kappa shape index (κ3) is 3.91. The molecule has 2 unspecified atom stereocenters. The van der Waals surface area contributed by atoms with Gasteiger partial charge in [0.2, 0.25) is 0 Å². The van der Waals surface area contributed by atoms with Gasteiger partial charge in [0.25, 0.3) is 0 Å². The van der Waals surface area contributed by atoms with Crippen LogP contribution in [0.25, 0.3) is 0 Å². The van der Waals surface area contributed by atoms with Crippen LogP contribution in [-0.2, 0) is 24.0 Å². The van der Waals surface area contributed by atoms with E-state index >= 15 is 0 Å². The van der Waals surface area contributed by atoms with Crippen molar-refractivity contribution in [2.75, 3.05) is 0 Å². The smallest absolute Gasteiger partial charge is 0.321 e. The molecule has 0 fully saturated rings. The van der Waals surface area contributed by atoms with E-state index in [9.17, 15) is 24.0 Å². The Morgan fingerprint density at radius 2 is 1.29 bits per heavy atom. The largest absolute Gasteiger partial charge is 0.481 e. The zero-order valence-electron chi connectivity index (χ0n) is 10.8. The Morgan fingerprint density at radius 3 is 1.52 bits per heavy atom. The van der Waals surface area contributed by atoms with E-state index in [4.69, 9.17) is 25.5 Å². The zero-order valence-corrected chi connectivity index (χ0v) is 10.8. The van der Waals surface area contributed by atoms with Crippen molar-refractivity contribution >= 4 is 29.8 Å². The third-order valence-electron chi connectivity index (χ3n) is 3.08. The maximum Gasteiger partial charge on any atom is 0.321 e. The molecule has 0 bridgehead atoms. The number of carboxylic acid groups (broad SMARTS) is 5. The number of hydrogen-bond donors (Lipinski definition) is 5. The Morgan fingerprint density at radius 1 is 0.857 bits per heavy atom. The molecule has 0 radical (unpaired) electrons. The molecular formula is C11H14O10. The summed E-state index contributed by atoms with van der Waals surface area (Å²) in [6.07, 6.45) is -2.32. The summed E-state index contributed by atoms with van der Waals surface area (Å²) in [6.45, 7) is 1.00. The second-order valence-electron chi connectivity index (χ2n) is 4.51. The molecule has 0 saturated heterocycles. The van der Waals surface area contributed by atoms with Gasteiger partial charge in [-0.05, 0) is 6.42 Å². The standard InChI is InChI=1S/C11H14O10/c1-4(7(14)15)3-11(9(18)19,10(20)21)5(8(16)17)2-6(12)13/h4-5H,2-3H2,1H3,(H,12,13)(H,14,15)(H,16,17)(H,18,19)(H,20,21). The van der Waals surface area contributed by atoms with Gasteiger partial charge in [-0.3, -0.25) is 24.0 Å². The highest BCUT2D eigenvalue weighted by Gasteiger charge is 2.58. The molecule has 0 aromatic rings. The van der Waals surface area contributed by atoms with Gasteiger partial charge in [-0.25, -0.2) is 0 Å². The molecule has 21 heavy (non-hydrogen) atoms. The molecule has 0 aromatic carbocycles. The minimum Gasteiger partial charge on any atom is -0.481 e. The average molecular weight is 306 g/mol. The Kier molecular flexibility index (Phi) is 5.84. The first-order valence-corrected chi connectivity index (χ1v) is 5.61. The van der Waals surface area contributed by atoms with Crippen LogP contribution in [0.4, 0.5) is 0 Å². The molecule has 0 aliphatic carbocycles. The maximum atomic E-state index is 11.3. The Balaban J connectivity index is 6.02. The van der Waals surface area contributed by atoms with Gasteiger partial charge >= 0.3 is 29.8 Å². The van der Waals surface area contributed by atoms with Crippen LogP contribution < -0.4 is 0 Å². The maximum absolute atomic E-state index is 11.3. The summed E-state index contributed by atoms with van der Waals surface area (Å²) in [7, 11) is 0. The van der Waals surface area contributed by atoms with E-state index in [-0.39, 0.29) is 0 Å². The lowest BCUT2D eigenvalue weighted by Crippen LogP contribution is -2.51. The number of aliphatic carboxylic acids is 5. The first-order chi connectivity index (χ1) is 9.46. The van der Waals surface area contributed by atoms with Gasteiger partial charge in [0.05, 0.1) is 18.3 Å². The van der Waals surface area contributed by atoms with Crippen LogP contribution in [0.3, 0.4) is 0 Å². The van der Waals surface area contributed by atoms with Gasteiger partial charge in [0, 0.05) is 0 Å². The van der Waals surface area contributed by atoms with E-state index in [0.717, 1.165) is 6.92 Å². The molecule has 10 nitrogen and oxygen atoms in total. The SMILES string of the molecule is CC(CC(C(=O)O)(C(=O)O)C(CC(=O)O)C(=O)O)C(=O)O. The quantitative estimate of drug-likeness (QED) is 0.345. The van der Waals surface area contributed by atoms with Crippen LogP contribution in [0.15, 0.2) is 0 Å². The zero-order chi connectivity index (χ0) is 17.0. The van der Waals surface area contributed by atoms with Crippen molar-refractivity contribution in [3.8, 4) is 0 Å². The highest BCUT2D eigenvalue weighted by Crippen LogP contribution is 2.38. The van der Waals surface area contributed by atoms with Crippen LogP contribution in [0.5, 0.6) is 0 Å². The highest BCUT2D eigenvalue weighted by molar-refractivity contribution is 6.03. The summed E-state index contributed by atoms with van der Waals surface area (Å²) in [5.41, 5.74) is -3.05. The van der Waals surface area contributed by atoms with Gasteiger partial charge in [0.1, 0.15) is 0 Å². The normalized spacial score (nSPS) is 14.0. The summed E-state index contributed by atoms with van der Waals surface area (Å²) >= 11 is 0. The van der Waals surface area contributed by atoms with Crippen LogP contribution in [0, 0.1) is 17.3 Å². The molecule has 118 valence electrons. The molecule has 0 heterocycles. The molecule has 10 heteroatoms. The summed E-state index contributed by atoms with van der Waals surface area (Å²) < 4.78 is 0. The van der Waals surface area contributed by atoms with E-state index < -0.39 is 59.9 Å². The number of carbonyl (C=O) groups is 5. The van der Waals surface area contributed by atoms with Gasteiger partial charge in [-0.15, -0.1) is 0 Å². The highest BCUT2D eigenvalue weighted by atomic mass is 16.4. The molecule has 2 atom stereocenters. The van der Waals surface area contributed by atoms with Crippen LogP contribution in [-0.4, -0.2) is 55.4 Å². The first kappa shape index (κ1) is 18.4. The first-order valence-electron chi connectivity index (χ1n) is 5.61. The molecule has 0 spiro atoms. The summed E-state index contributed by atoms with van der Waals surface area (Å²) in [6, 6.07) is 0. The van der Waals surface area contributed by atoms with E-state index in [2.05, 4.69) is 0 Å². The van der Waals surface area contributed by atoms with Gasteiger partial charge in [-0.1, -0.05) is 6.92 Å². The van der Waals surface area contributed by atoms with Crippen molar-refractivity contribution in [2.45, 2.75) is 19.8 Å². The van der Waals surface area contributed by atoms with E-state index in [1.165, 1.54) is 0 Å². The predicted molar refractivity (Wildman–Crippen MR) is 62.5 cm³/mol. The molecule has 0 aliphatic heterocycles.